The van der Waals surface area contributed by atoms with E-state index in [0.717, 1.165) is 23.5 Å². The smallest absolute Gasteiger partial charge is 0.223 e. The van der Waals surface area contributed by atoms with Crippen molar-refractivity contribution in [2.24, 2.45) is 13.0 Å². The van der Waals surface area contributed by atoms with Gasteiger partial charge in [-0.2, -0.15) is 10.4 Å². The van der Waals surface area contributed by atoms with Gasteiger partial charge in [0.25, 0.3) is 0 Å². The third-order valence-corrected chi connectivity index (χ3v) is 5.19. The van der Waals surface area contributed by atoms with Crippen LogP contribution < -0.4 is 5.32 Å². The van der Waals surface area contributed by atoms with Crippen molar-refractivity contribution in [3.05, 3.63) is 39.8 Å². The number of likely N-dealkylation sites (tertiary alicyclic amines) is 1. The lowest BCUT2D eigenvalue weighted by molar-refractivity contribution is -0.127. The first-order valence-corrected chi connectivity index (χ1v) is 8.39. The van der Waals surface area contributed by atoms with Gasteiger partial charge < -0.3 is 10.2 Å². The molecule has 0 saturated carbocycles. The molecule has 7 heteroatoms. The summed E-state index contributed by atoms with van der Waals surface area (Å²) < 4.78 is 1.77. The number of carbonyl (C=O) groups is 1. The van der Waals surface area contributed by atoms with Crippen molar-refractivity contribution in [3.63, 3.8) is 0 Å². The summed E-state index contributed by atoms with van der Waals surface area (Å²) >= 11 is 1.58. The lowest BCUT2D eigenvalue weighted by Crippen LogP contribution is -2.28. The highest BCUT2D eigenvalue weighted by atomic mass is 32.1. The molecule has 120 valence electrons. The Labute approximate surface area is 139 Å². The second-order valence-corrected chi connectivity index (χ2v) is 6.90. The molecule has 0 bridgehead atoms. The van der Waals surface area contributed by atoms with E-state index in [-0.39, 0.29) is 17.9 Å². The summed E-state index contributed by atoms with van der Waals surface area (Å²) in [5.41, 5.74) is 1.78. The van der Waals surface area contributed by atoms with Gasteiger partial charge in [0.15, 0.2) is 0 Å². The van der Waals surface area contributed by atoms with Crippen LogP contribution in [0, 0.1) is 17.2 Å². The largest absolute Gasteiger partial charge is 0.338 e. The second kappa shape index (κ2) is 6.52. The van der Waals surface area contributed by atoms with Crippen LogP contribution in [0.4, 0.5) is 0 Å². The average molecular weight is 329 g/mol. The molecule has 1 amide bonds. The van der Waals surface area contributed by atoms with Crippen LogP contribution in [-0.2, 0) is 18.4 Å². The predicted octanol–water partition coefficient (Wildman–Crippen LogP) is 1.66. The number of nitrogens with one attached hydrogen (secondary N) is 1. The quantitative estimate of drug-likeness (QED) is 0.905. The Morgan fingerprint density at radius 3 is 3.00 bits per heavy atom. The highest BCUT2D eigenvalue weighted by Crippen LogP contribution is 2.36. The zero-order valence-electron chi connectivity index (χ0n) is 13.2. The van der Waals surface area contributed by atoms with Crippen molar-refractivity contribution in [3.8, 4) is 6.07 Å². The molecular weight excluding hydrogens is 310 g/mol. The topological polar surface area (TPSA) is 74.0 Å². The monoisotopic (exact) mass is 329 g/mol. The van der Waals surface area contributed by atoms with E-state index in [0.29, 0.717) is 12.0 Å². The third-order valence-electron chi connectivity index (χ3n) is 4.25. The molecule has 0 aromatic carbocycles. The molecule has 0 spiro atoms. The number of rotatable bonds is 5. The molecule has 1 aliphatic rings. The second-order valence-electron chi connectivity index (χ2n) is 5.91. The first-order valence-electron chi connectivity index (χ1n) is 7.51. The summed E-state index contributed by atoms with van der Waals surface area (Å²) in [6.07, 6.45) is 4.37. The van der Waals surface area contributed by atoms with Crippen molar-refractivity contribution >= 4 is 17.2 Å². The average Bonchev–Trinajstić information content (AvgIpc) is 3.21. The van der Waals surface area contributed by atoms with E-state index >= 15 is 0 Å². The van der Waals surface area contributed by atoms with Gasteiger partial charge in [0, 0.05) is 61.5 Å². The van der Waals surface area contributed by atoms with Crippen molar-refractivity contribution < 1.29 is 4.79 Å². The molecule has 1 aliphatic heterocycles. The van der Waals surface area contributed by atoms with E-state index in [1.165, 1.54) is 0 Å². The van der Waals surface area contributed by atoms with E-state index in [4.69, 9.17) is 5.26 Å². The molecule has 23 heavy (non-hydrogen) atoms. The van der Waals surface area contributed by atoms with E-state index in [1.54, 1.807) is 16.0 Å². The molecule has 2 aromatic heterocycles. The summed E-state index contributed by atoms with van der Waals surface area (Å²) in [5.74, 6) is 0.403. The number of aryl methyl sites for hydroxylation is 1. The summed E-state index contributed by atoms with van der Waals surface area (Å²) in [6, 6.07) is 4.12. The standard InChI is InChI=1S/C16H19N5OS/c1-20-9-13(7-19-20)16-12(4-15(22)21(16)2)6-18-8-14-3-11(5-17)10-23-14/h3,7,9-10,12,16,18H,4,6,8H2,1-2H3/t12-,16+/m0/s1. The summed E-state index contributed by atoms with van der Waals surface area (Å²) in [6.45, 7) is 1.48. The van der Waals surface area contributed by atoms with Gasteiger partial charge in [0.1, 0.15) is 6.07 Å². The molecule has 3 heterocycles. The van der Waals surface area contributed by atoms with Crippen LogP contribution in [0.5, 0.6) is 0 Å². The molecule has 0 aliphatic carbocycles. The van der Waals surface area contributed by atoms with E-state index < -0.39 is 0 Å². The molecule has 1 fully saturated rings. The van der Waals surface area contributed by atoms with Gasteiger partial charge in [0.05, 0.1) is 17.8 Å². The van der Waals surface area contributed by atoms with E-state index in [1.807, 2.05) is 42.8 Å². The summed E-state index contributed by atoms with van der Waals surface area (Å²) in [5, 5.41) is 18.4. The Morgan fingerprint density at radius 1 is 1.52 bits per heavy atom. The number of hydrogen-bond acceptors (Lipinski definition) is 5. The Balaban J connectivity index is 1.63. The molecule has 1 N–H and O–H groups in total. The summed E-state index contributed by atoms with van der Waals surface area (Å²) in [7, 11) is 3.75. The van der Waals surface area contributed by atoms with Crippen LogP contribution in [0.3, 0.4) is 0 Å². The predicted molar refractivity (Wildman–Crippen MR) is 87.6 cm³/mol. The minimum absolute atomic E-state index is 0.0710. The zero-order valence-corrected chi connectivity index (χ0v) is 14.0. The van der Waals surface area contributed by atoms with Gasteiger partial charge in [-0.25, -0.2) is 0 Å². The van der Waals surface area contributed by atoms with Crippen LogP contribution in [0.15, 0.2) is 23.8 Å². The Hall–Kier alpha value is -2.17. The number of thiophene rings is 1. The van der Waals surface area contributed by atoms with Crippen molar-refractivity contribution in [1.82, 2.24) is 20.0 Å². The third kappa shape index (κ3) is 3.28. The SMILES string of the molecule is CN1C(=O)C[C@@H](CNCc2cc(C#N)cs2)[C@@H]1c1cnn(C)c1. The molecule has 1 saturated heterocycles. The van der Waals surface area contributed by atoms with Crippen molar-refractivity contribution in [2.45, 2.75) is 19.0 Å². The number of hydrogen-bond donors (Lipinski definition) is 1. The lowest BCUT2D eigenvalue weighted by Gasteiger charge is -2.24. The Bertz CT molecular complexity index is 744. The van der Waals surface area contributed by atoms with Gasteiger partial charge in [0.2, 0.25) is 5.91 Å². The van der Waals surface area contributed by atoms with E-state index in [9.17, 15) is 4.79 Å². The molecule has 3 rings (SSSR count). The van der Waals surface area contributed by atoms with Gasteiger partial charge in [-0.05, 0) is 6.07 Å². The molecular formula is C16H19N5OS. The lowest BCUT2D eigenvalue weighted by atomic mass is 9.96. The Morgan fingerprint density at radius 2 is 2.35 bits per heavy atom. The number of amides is 1. The van der Waals surface area contributed by atoms with Gasteiger partial charge in [-0.15, -0.1) is 11.3 Å². The zero-order chi connectivity index (χ0) is 16.4. The van der Waals surface area contributed by atoms with Gasteiger partial charge in [-0.3, -0.25) is 9.48 Å². The van der Waals surface area contributed by atoms with Crippen LogP contribution in [0.25, 0.3) is 0 Å². The highest BCUT2D eigenvalue weighted by Gasteiger charge is 2.38. The van der Waals surface area contributed by atoms with Crippen molar-refractivity contribution in [2.75, 3.05) is 13.6 Å². The maximum atomic E-state index is 12.1. The highest BCUT2D eigenvalue weighted by molar-refractivity contribution is 7.10. The van der Waals surface area contributed by atoms with Crippen LogP contribution >= 0.6 is 11.3 Å². The fourth-order valence-electron chi connectivity index (χ4n) is 3.14. The maximum Gasteiger partial charge on any atom is 0.223 e. The van der Waals surface area contributed by atoms with Crippen LogP contribution in [0.2, 0.25) is 0 Å². The van der Waals surface area contributed by atoms with Gasteiger partial charge in [-0.1, -0.05) is 0 Å². The first-order chi connectivity index (χ1) is 11.1. The molecule has 2 aromatic rings. The molecule has 0 radical (unpaired) electrons. The fraction of sp³-hybridized carbons (Fsp3) is 0.438. The number of nitriles is 1. The number of carbonyl (C=O) groups excluding carboxylic acids is 1. The Kier molecular flexibility index (Phi) is 4.46. The van der Waals surface area contributed by atoms with Gasteiger partial charge >= 0.3 is 0 Å². The number of nitrogens with zero attached hydrogens (tertiary/aromatic N) is 4. The normalized spacial score (nSPS) is 20.9. The fourth-order valence-corrected chi connectivity index (χ4v) is 3.92. The minimum atomic E-state index is 0.0710. The van der Waals surface area contributed by atoms with Crippen LogP contribution in [-0.4, -0.2) is 34.2 Å². The summed E-state index contributed by atoms with van der Waals surface area (Å²) in [4.78, 5) is 15.0. The molecule has 2 atom stereocenters. The molecule has 0 unspecified atom stereocenters. The first kappa shape index (κ1) is 15.7. The van der Waals surface area contributed by atoms with Crippen LogP contribution in [0.1, 0.15) is 28.5 Å². The van der Waals surface area contributed by atoms with E-state index in [2.05, 4.69) is 16.5 Å². The maximum absolute atomic E-state index is 12.1. The van der Waals surface area contributed by atoms with Crippen molar-refractivity contribution in [1.29, 1.82) is 5.26 Å². The minimum Gasteiger partial charge on any atom is -0.338 e. The molecule has 6 nitrogen and oxygen atoms in total. The number of aromatic nitrogens is 2.